The molecular weight excluding hydrogens is 201 g/mol. The van der Waals surface area contributed by atoms with Crippen molar-refractivity contribution in [3.63, 3.8) is 0 Å². The number of ether oxygens (including phenoxy) is 2. The molecule has 5 heteroatoms. The Labute approximate surface area is 90.3 Å². The Bertz CT molecular complexity index is 192. The molecule has 0 aliphatic carbocycles. The summed E-state index contributed by atoms with van der Waals surface area (Å²) in [5.41, 5.74) is -0.557. The first-order chi connectivity index (χ1) is 6.90. The Morgan fingerprint density at radius 1 is 1.33 bits per heavy atom. The lowest BCUT2D eigenvalue weighted by Crippen LogP contribution is -2.39. The minimum Gasteiger partial charge on any atom is -0.444 e. The van der Waals surface area contributed by atoms with Gasteiger partial charge in [0.05, 0.1) is 13.2 Å². The van der Waals surface area contributed by atoms with Crippen molar-refractivity contribution >= 4 is 6.09 Å². The molecule has 0 atom stereocenters. The van der Waals surface area contributed by atoms with Gasteiger partial charge in [0.1, 0.15) is 12.3 Å². The number of hydrogen-bond acceptors (Lipinski definition) is 3. The van der Waals surface area contributed by atoms with E-state index in [1.807, 2.05) is 0 Å². The van der Waals surface area contributed by atoms with E-state index >= 15 is 0 Å². The highest BCUT2D eigenvalue weighted by molar-refractivity contribution is 5.68. The van der Waals surface area contributed by atoms with Crippen molar-refractivity contribution < 1.29 is 18.7 Å². The Morgan fingerprint density at radius 2 is 1.93 bits per heavy atom. The molecule has 0 heterocycles. The predicted octanol–water partition coefficient (Wildman–Crippen LogP) is 1.84. The van der Waals surface area contributed by atoms with Crippen molar-refractivity contribution in [2.24, 2.45) is 0 Å². The Balaban J connectivity index is 4.15. The molecule has 0 unspecified atom stereocenters. The van der Waals surface area contributed by atoms with Gasteiger partial charge in [-0.25, -0.2) is 9.18 Å². The van der Waals surface area contributed by atoms with Crippen molar-refractivity contribution in [3.8, 4) is 0 Å². The minimum atomic E-state index is -0.580. The zero-order chi connectivity index (χ0) is 11.9. The van der Waals surface area contributed by atoms with Gasteiger partial charge in [-0.1, -0.05) is 0 Å². The first-order valence-corrected chi connectivity index (χ1v) is 4.93. The van der Waals surface area contributed by atoms with Crippen LogP contribution in [0, 0.1) is 0 Å². The molecule has 0 fully saturated rings. The van der Waals surface area contributed by atoms with Crippen LogP contribution in [0.3, 0.4) is 0 Å². The number of carbonyl (C=O) groups excluding carboxylic acids is 1. The van der Waals surface area contributed by atoms with Gasteiger partial charge in [0.2, 0.25) is 0 Å². The molecule has 0 aromatic rings. The van der Waals surface area contributed by atoms with Crippen LogP contribution in [-0.4, -0.2) is 50.1 Å². The van der Waals surface area contributed by atoms with Crippen LogP contribution in [-0.2, 0) is 9.47 Å². The van der Waals surface area contributed by atoms with Gasteiger partial charge >= 0.3 is 6.09 Å². The van der Waals surface area contributed by atoms with Gasteiger partial charge in [0.25, 0.3) is 0 Å². The number of nitrogens with zero attached hydrogens (tertiary/aromatic N) is 1. The fraction of sp³-hybridized carbons (Fsp3) is 0.900. The second-order valence-corrected chi connectivity index (χ2v) is 4.15. The van der Waals surface area contributed by atoms with Crippen LogP contribution in [0.1, 0.15) is 20.8 Å². The topological polar surface area (TPSA) is 38.8 Å². The van der Waals surface area contributed by atoms with Crippen LogP contribution in [0.2, 0.25) is 0 Å². The third-order valence-electron chi connectivity index (χ3n) is 1.57. The quantitative estimate of drug-likeness (QED) is 0.711. The van der Waals surface area contributed by atoms with Gasteiger partial charge in [0, 0.05) is 13.7 Å². The average molecular weight is 221 g/mol. The van der Waals surface area contributed by atoms with Crippen molar-refractivity contribution in [1.29, 1.82) is 0 Å². The fourth-order valence-corrected chi connectivity index (χ4v) is 0.924. The van der Waals surface area contributed by atoms with Crippen molar-refractivity contribution in [1.82, 2.24) is 4.90 Å². The van der Waals surface area contributed by atoms with Crippen LogP contribution >= 0.6 is 0 Å². The third-order valence-corrected chi connectivity index (χ3v) is 1.57. The third kappa shape index (κ3) is 7.13. The van der Waals surface area contributed by atoms with Crippen LogP contribution in [0.15, 0.2) is 0 Å². The van der Waals surface area contributed by atoms with Crippen LogP contribution in [0.5, 0.6) is 0 Å². The first kappa shape index (κ1) is 14.2. The van der Waals surface area contributed by atoms with Crippen molar-refractivity contribution in [2.45, 2.75) is 26.4 Å². The van der Waals surface area contributed by atoms with E-state index in [9.17, 15) is 9.18 Å². The van der Waals surface area contributed by atoms with Gasteiger partial charge < -0.3 is 14.4 Å². The smallest absolute Gasteiger partial charge is 0.410 e. The lowest BCUT2D eigenvalue weighted by Gasteiger charge is -2.26. The lowest BCUT2D eigenvalue weighted by molar-refractivity contribution is 0.0190. The molecule has 90 valence electrons. The number of halogens is 1. The summed E-state index contributed by atoms with van der Waals surface area (Å²) < 4.78 is 22.1. The molecule has 0 saturated carbocycles. The summed E-state index contributed by atoms with van der Waals surface area (Å²) in [6, 6.07) is 0. The van der Waals surface area contributed by atoms with E-state index in [1.165, 1.54) is 12.0 Å². The number of carbonyl (C=O) groups is 1. The number of hydrogen-bond donors (Lipinski definition) is 0. The van der Waals surface area contributed by atoms with E-state index in [2.05, 4.69) is 0 Å². The molecule has 0 spiro atoms. The maximum atomic E-state index is 12.2. The zero-order valence-electron chi connectivity index (χ0n) is 9.88. The minimum absolute atomic E-state index is 0.0400. The number of methoxy groups -OCH3 is 1. The van der Waals surface area contributed by atoms with Gasteiger partial charge in [0.15, 0.2) is 0 Å². The molecule has 0 aliphatic rings. The van der Waals surface area contributed by atoms with Gasteiger partial charge in [-0.3, -0.25) is 0 Å². The fourth-order valence-electron chi connectivity index (χ4n) is 0.924. The van der Waals surface area contributed by atoms with Gasteiger partial charge in [-0.15, -0.1) is 0 Å². The highest BCUT2D eigenvalue weighted by Crippen LogP contribution is 2.09. The molecule has 4 nitrogen and oxygen atoms in total. The standard InChI is InChI=1S/C10H20FNO3/c1-10(2,3)15-9(13)12(6-5-11)7-8-14-4/h5-8H2,1-4H3. The van der Waals surface area contributed by atoms with E-state index < -0.39 is 18.4 Å². The number of alkyl halides is 1. The molecule has 15 heavy (non-hydrogen) atoms. The molecule has 0 aliphatic heterocycles. The van der Waals surface area contributed by atoms with E-state index in [0.717, 1.165) is 0 Å². The van der Waals surface area contributed by atoms with E-state index in [1.54, 1.807) is 20.8 Å². The van der Waals surface area contributed by atoms with Crippen LogP contribution in [0.4, 0.5) is 9.18 Å². The Morgan fingerprint density at radius 3 is 2.33 bits per heavy atom. The predicted molar refractivity (Wildman–Crippen MR) is 55.7 cm³/mol. The number of amides is 1. The summed E-state index contributed by atoms with van der Waals surface area (Å²) in [5.74, 6) is 0. The van der Waals surface area contributed by atoms with Gasteiger partial charge in [-0.05, 0) is 20.8 Å². The second-order valence-electron chi connectivity index (χ2n) is 4.15. The van der Waals surface area contributed by atoms with E-state index in [4.69, 9.17) is 9.47 Å². The zero-order valence-corrected chi connectivity index (χ0v) is 9.88. The Kier molecular flexibility index (Phi) is 6.24. The monoisotopic (exact) mass is 221 g/mol. The maximum Gasteiger partial charge on any atom is 0.410 e. The average Bonchev–Trinajstić information content (AvgIpc) is 2.09. The highest BCUT2D eigenvalue weighted by atomic mass is 19.1. The summed E-state index contributed by atoms with van der Waals surface area (Å²) in [4.78, 5) is 12.8. The molecule has 0 aromatic heterocycles. The molecule has 0 bridgehead atoms. The summed E-state index contributed by atoms with van der Waals surface area (Å²) in [5, 5.41) is 0. The lowest BCUT2D eigenvalue weighted by atomic mass is 10.2. The number of rotatable bonds is 5. The van der Waals surface area contributed by atoms with Crippen LogP contribution < -0.4 is 0 Å². The molecule has 0 aromatic carbocycles. The SMILES string of the molecule is COCCN(CCF)C(=O)OC(C)(C)C. The van der Waals surface area contributed by atoms with Gasteiger partial charge in [-0.2, -0.15) is 0 Å². The maximum absolute atomic E-state index is 12.2. The second kappa shape index (κ2) is 6.61. The first-order valence-electron chi connectivity index (χ1n) is 4.93. The summed E-state index contributed by atoms with van der Waals surface area (Å²) in [7, 11) is 1.53. The summed E-state index contributed by atoms with van der Waals surface area (Å²) >= 11 is 0. The molecular formula is C10H20FNO3. The van der Waals surface area contributed by atoms with Crippen LogP contribution in [0.25, 0.3) is 0 Å². The van der Waals surface area contributed by atoms with Crippen molar-refractivity contribution in [2.75, 3.05) is 33.5 Å². The Hall–Kier alpha value is -0.840. The molecule has 0 radical (unpaired) electrons. The molecule has 0 rings (SSSR count). The summed E-state index contributed by atoms with van der Waals surface area (Å²) in [6.45, 7) is 5.49. The summed E-state index contributed by atoms with van der Waals surface area (Å²) in [6.07, 6.45) is -0.503. The molecule has 0 N–H and O–H groups in total. The highest BCUT2D eigenvalue weighted by Gasteiger charge is 2.21. The van der Waals surface area contributed by atoms with Crippen molar-refractivity contribution in [3.05, 3.63) is 0 Å². The molecule has 1 amide bonds. The van der Waals surface area contributed by atoms with E-state index in [-0.39, 0.29) is 6.54 Å². The molecule has 0 saturated heterocycles. The largest absolute Gasteiger partial charge is 0.444 e. The normalized spacial score (nSPS) is 11.3. The van der Waals surface area contributed by atoms with E-state index in [0.29, 0.717) is 13.2 Å².